The number of benzene rings is 1. The third kappa shape index (κ3) is 1.08. The molecule has 0 aliphatic rings. The predicted molar refractivity (Wildman–Crippen MR) is 59.6 cm³/mol. The lowest BCUT2D eigenvalue weighted by Gasteiger charge is -2.05. The third-order valence-electron chi connectivity index (χ3n) is 2.63. The molecule has 3 rings (SSSR count). The molecule has 0 amide bonds. The molecule has 0 aliphatic heterocycles. The first kappa shape index (κ1) is 8.23. The largest absolute Gasteiger partial charge is 0.399 e. The highest BCUT2D eigenvalue weighted by molar-refractivity contribution is 5.87. The summed E-state index contributed by atoms with van der Waals surface area (Å²) in [6.07, 6.45) is 1.70. The van der Waals surface area contributed by atoms with Crippen LogP contribution in [0.25, 0.3) is 16.6 Å². The Balaban J connectivity index is 2.63. The number of hydrogen-bond donors (Lipinski definition) is 1. The normalized spacial score (nSPS) is 11.3. The van der Waals surface area contributed by atoms with E-state index in [4.69, 9.17) is 5.73 Å². The highest BCUT2D eigenvalue weighted by atomic mass is 15.2. The number of hydrogen-bond acceptors (Lipinski definition) is 3. The SMILES string of the molecule is Cc1cc2nncn2c2cc(N)ccc12. The third-order valence-corrected chi connectivity index (χ3v) is 2.63. The summed E-state index contributed by atoms with van der Waals surface area (Å²) in [5.74, 6) is 0. The average Bonchev–Trinajstić information content (AvgIpc) is 2.65. The zero-order chi connectivity index (χ0) is 10.4. The molecule has 0 unspecified atom stereocenters. The maximum absolute atomic E-state index is 5.78. The van der Waals surface area contributed by atoms with Crippen molar-refractivity contribution in [2.24, 2.45) is 0 Å². The molecule has 4 nitrogen and oxygen atoms in total. The van der Waals surface area contributed by atoms with Gasteiger partial charge in [0.25, 0.3) is 0 Å². The van der Waals surface area contributed by atoms with E-state index < -0.39 is 0 Å². The van der Waals surface area contributed by atoms with Crippen LogP contribution < -0.4 is 5.73 Å². The number of nitrogen functional groups attached to an aromatic ring is 1. The highest BCUT2D eigenvalue weighted by Gasteiger charge is 2.04. The van der Waals surface area contributed by atoms with Crippen molar-refractivity contribution in [2.45, 2.75) is 6.92 Å². The first-order valence-electron chi connectivity index (χ1n) is 4.74. The number of nitrogens with two attached hydrogens (primary N) is 1. The molecule has 0 radical (unpaired) electrons. The molecule has 0 aliphatic carbocycles. The van der Waals surface area contributed by atoms with Gasteiger partial charge in [0, 0.05) is 11.1 Å². The van der Waals surface area contributed by atoms with Gasteiger partial charge in [0.2, 0.25) is 0 Å². The molecule has 2 heterocycles. The van der Waals surface area contributed by atoms with Crippen molar-refractivity contribution >= 4 is 22.2 Å². The first-order valence-corrected chi connectivity index (χ1v) is 4.74. The smallest absolute Gasteiger partial charge is 0.161 e. The molecular formula is C11H10N4. The number of nitrogens with zero attached hydrogens (tertiary/aromatic N) is 3. The van der Waals surface area contributed by atoms with Crippen molar-refractivity contribution in [1.82, 2.24) is 14.6 Å². The first-order chi connectivity index (χ1) is 7.25. The Bertz CT molecular complexity index is 654. The minimum absolute atomic E-state index is 0.753. The quantitative estimate of drug-likeness (QED) is 0.560. The number of anilines is 1. The predicted octanol–water partition coefficient (Wildman–Crippen LogP) is 1.77. The van der Waals surface area contributed by atoms with E-state index in [1.165, 1.54) is 10.9 Å². The molecule has 3 aromatic rings. The summed E-state index contributed by atoms with van der Waals surface area (Å²) in [7, 11) is 0. The summed E-state index contributed by atoms with van der Waals surface area (Å²) in [5, 5.41) is 9.10. The lowest BCUT2D eigenvalue weighted by molar-refractivity contribution is 1.11. The second-order valence-electron chi connectivity index (χ2n) is 3.66. The van der Waals surface area contributed by atoms with Crippen LogP contribution in [0, 0.1) is 6.92 Å². The van der Waals surface area contributed by atoms with Crippen LogP contribution in [-0.4, -0.2) is 14.6 Å². The summed E-state index contributed by atoms with van der Waals surface area (Å²) in [6.45, 7) is 2.06. The number of rotatable bonds is 0. The standard InChI is InChI=1S/C11H10N4/c1-7-4-11-14-13-6-15(11)10-5-8(12)2-3-9(7)10/h2-6H,12H2,1H3. The fourth-order valence-electron chi connectivity index (χ4n) is 1.88. The van der Waals surface area contributed by atoms with E-state index in [2.05, 4.69) is 17.1 Å². The maximum Gasteiger partial charge on any atom is 0.161 e. The molecular weight excluding hydrogens is 188 g/mol. The number of fused-ring (bicyclic) bond motifs is 3. The van der Waals surface area contributed by atoms with E-state index in [0.717, 1.165) is 16.9 Å². The lowest BCUT2D eigenvalue weighted by Crippen LogP contribution is -1.92. The van der Waals surface area contributed by atoms with Crippen LogP contribution in [0.3, 0.4) is 0 Å². The molecule has 0 bridgehead atoms. The lowest BCUT2D eigenvalue weighted by atomic mass is 10.1. The van der Waals surface area contributed by atoms with Crippen molar-refractivity contribution in [3.63, 3.8) is 0 Å². The van der Waals surface area contributed by atoms with E-state index in [9.17, 15) is 0 Å². The van der Waals surface area contributed by atoms with Crippen molar-refractivity contribution in [2.75, 3.05) is 5.73 Å². The van der Waals surface area contributed by atoms with Gasteiger partial charge in [-0.2, -0.15) is 0 Å². The summed E-state index contributed by atoms with van der Waals surface area (Å²) < 4.78 is 1.94. The monoisotopic (exact) mass is 198 g/mol. The fraction of sp³-hybridized carbons (Fsp3) is 0.0909. The van der Waals surface area contributed by atoms with Gasteiger partial charge in [-0.15, -0.1) is 10.2 Å². The topological polar surface area (TPSA) is 56.2 Å². The van der Waals surface area contributed by atoms with Gasteiger partial charge in [0.15, 0.2) is 5.65 Å². The van der Waals surface area contributed by atoms with Crippen LogP contribution in [0.2, 0.25) is 0 Å². The van der Waals surface area contributed by atoms with Crippen LogP contribution in [0.5, 0.6) is 0 Å². The highest BCUT2D eigenvalue weighted by Crippen LogP contribution is 2.22. The van der Waals surface area contributed by atoms with Gasteiger partial charge in [-0.3, -0.25) is 4.40 Å². The average molecular weight is 198 g/mol. The van der Waals surface area contributed by atoms with E-state index in [-0.39, 0.29) is 0 Å². The van der Waals surface area contributed by atoms with E-state index in [1.54, 1.807) is 6.33 Å². The van der Waals surface area contributed by atoms with Crippen molar-refractivity contribution < 1.29 is 0 Å². The van der Waals surface area contributed by atoms with E-state index >= 15 is 0 Å². The van der Waals surface area contributed by atoms with Crippen molar-refractivity contribution in [1.29, 1.82) is 0 Å². The van der Waals surface area contributed by atoms with Crippen molar-refractivity contribution in [3.8, 4) is 0 Å². The zero-order valence-corrected chi connectivity index (χ0v) is 8.31. The molecule has 0 saturated carbocycles. The van der Waals surface area contributed by atoms with Crippen LogP contribution in [0.1, 0.15) is 5.56 Å². The Morgan fingerprint density at radius 2 is 2.13 bits per heavy atom. The Morgan fingerprint density at radius 1 is 1.27 bits per heavy atom. The Hall–Kier alpha value is -2.10. The molecule has 2 aromatic heterocycles. The summed E-state index contributed by atoms with van der Waals surface area (Å²) >= 11 is 0. The second kappa shape index (κ2) is 2.70. The number of aromatic nitrogens is 3. The molecule has 0 saturated heterocycles. The zero-order valence-electron chi connectivity index (χ0n) is 8.31. The minimum Gasteiger partial charge on any atom is -0.399 e. The molecule has 15 heavy (non-hydrogen) atoms. The van der Waals surface area contributed by atoms with Crippen molar-refractivity contribution in [3.05, 3.63) is 36.2 Å². The number of pyridine rings is 1. The molecule has 4 heteroatoms. The van der Waals surface area contributed by atoms with Crippen LogP contribution in [-0.2, 0) is 0 Å². The molecule has 0 spiro atoms. The molecule has 0 atom stereocenters. The van der Waals surface area contributed by atoms with Gasteiger partial charge < -0.3 is 5.73 Å². The molecule has 2 N–H and O–H groups in total. The van der Waals surface area contributed by atoms with Gasteiger partial charge in [-0.1, -0.05) is 6.07 Å². The van der Waals surface area contributed by atoms with Gasteiger partial charge in [0.1, 0.15) is 6.33 Å². The van der Waals surface area contributed by atoms with E-state index in [0.29, 0.717) is 0 Å². The molecule has 0 fully saturated rings. The van der Waals surface area contributed by atoms with E-state index in [1.807, 2.05) is 28.7 Å². The van der Waals surface area contributed by atoms with Gasteiger partial charge >= 0.3 is 0 Å². The second-order valence-corrected chi connectivity index (χ2v) is 3.66. The minimum atomic E-state index is 0.753. The number of aryl methyl sites for hydroxylation is 1. The van der Waals surface area contributed by atoms with Gasteiger partial charge in [-0.25, -0.2) is 0 Å². The Morgan fingerprint density at radius 3 is 3.00 bits per heavy atom. The van der Waals surface area contributed by atoms with Crippen LogP contribution in [0.15, 0.2) is 30.6 Å². The van der Waals surface area contributed by atoms with Crippen LogP contribution >= 0.6 is 0 Å². The fourth-order valence-corrected chi connectivity index (χ4v) is 1.88. The Kier molecular flexibility index (Phi) is 1.48. The molecule has 74 valence electrons. The summed E-state index contributed by atoms with van der Waals surface area (Å²) in [6, 6.07) is 7.90. The Labute approximate surface area is 86.3 Å². The summed E-state index contributed by atoms with van der Waals surface area (Å²) in [5.41, 5.74) is 9.62. The van der Waals surface area contributed by atoms with Gasteiger partial charge in [0.05, 0.1) is 5.52 Å². The summed E-state index contributed by atoms with van der Waals surface area (Å²) in [4.78, 5) is 0. The molecule has 1 aromatic carbocycles. The van der Waals surface area contributed by atoms with Crippen LogP contribution in [0.4, 0.5) is 5.69 Å². The maximum atomic E-state index is 5.78. The van der Waals surface area contributed by atoms with Gasteiger partial charge in [-0.05, 0) is 30.7 Å².